The second kappa shape index (κ2) is 10.7. The molecule has 0 aromatic heterocycles. The first-order valence-electron chi connectivity index (χ1n) is 10.5. The van der Waals surface area contributed by atoms with Crippen molar-refractivity contribution in [3.63, 3.8) is 0 Å². The number of halogens is 1. The summed E-state index contributed by atoms with van der Waals surface area (Å²) in [7, 11) is 0. The van der Waals surface area contributed by atoms with Gasteiger partial charge < -0.3 is 15.0 Å². The maximum atomic E-state index is 5.61. The largest absolute Gasteiger partial charge is 0.381 e. The lowest BCUT2D eigenvalue weighted by Crippen LogP contribution is -2.43. The van der Waals surface area contributed by atoms with Gasteiger partial charge in [0.2, 0.25) is 0 Å². The molecule has 4 nitrogen and oxygen atoms in total. The number of hydrogen-bond acceptors (Lipinski definition) is 3. The molecule has 0 radical (unpaired) electrons. The standard InChI is InChI=1S/C20H37N3OS.HI/c1-3-21-18(22-16-20(25-4-2)11-14-24-15-12-20)23-13-10-19(17-23)8-6-5-7-9-19;/h3-17H2,1-2H3,(H,21,22);1H. The van der Waals surface area contributed by atoms with Gasteiger partial charge in [-0.1, -0.05) is 26.2 Å². The molecule has 0 aromatic rings. The zero-order valence-electron chi connectivity index (χ0n) is 16.7. The smallest absolute Gasteiger partial charge is 0.193 e. The Morgan fingerprint density at radius 3 is 2.46 bits per heavy atom. The van der Waals surface area contributed by atoms with Crippen molar-refractivity contribution in [2.45, 2.75) is 70.0 Å². The Bertz CT molecular complexity index is 443. The van der Waals surface area contributed by atoms with Gasteiger partial charge in [-0.2, -0.15) is 11.8 Å². The van der Waals surface area contributed by atoms with E-state index in [1.165, 1.54) is 57.4 Å². The highest BCUT2D eigenvalue weighted by Gasteiger charge is 2.40. The fourth-order valence-corrected chi connectivity index (χ4v) is 6.09. The molecule has 1 spiro atoms. The van der Waals surface area contributed by atoms with Gasteiger partial charge in [-0.15, -0.1) is 24.0 Å². The van der Waals surface area contributed by atoms with Crippen molar-refractivity contribution in [3.8, 4) is 0 Å². The average molecular weight is 496 g/mol. The zero-order valence-corrected chi connectivity index (χ0v) is 19.9. The Hall–Kier alpha value is 0.310. The van der Waals surface area contributed by atoms with E-state index in [-0.39, 0.29) is 28.7 Å². The summed E-state index contributed by atoms with van der Waals surface area (Å²) in [4.78, 5) is 7.70. The Morgan fingerprint density at radius 1 is 1.08 bits per heavy atom. The van der Waals surface area contributed by atoms with E-state index < -0.39 is 0 Å². The SMILES string of the molecule is CCNC(=NCC1(SCC)CCOCC1)N1CCC2(CCCCC2)C1.I. The van der Waals surface area contributed by atoms with Crippen LogP contribution in [-0.2, 0) is 4.74 Å². The minimum Gasteiger partial charge on any atom is -0.381 e. The molecular formula is C20H38IN3OS. The lowest BCUT2D eigenvalue weighted by Gasteiger charge is -2.36. The summed E-state index contributed by atoms with van der Waals surface area (Å²) in [5.74, 6) is 2.33. The number of hydrogen-bond donors (Lipinski definition) is 1. The predicted molar refractivity (Wildman–Crippen MR) is 124 cm³/mol. The molecule has 3 rings (SSSR count). The minimum atomic E-state index is 0. The molecule has 0 aromatic carbocycles. The first kappa shape index (κ1) is 22.6. The fraction of sp³-hybridized carbons (Fsp3) is 0.950. The van der Waals surface area contributed by atoms with Crippen molar-refractivity contribution in [1.29, 1.82) is 0 Å². The van der Waals surface area contributed by atoms with Crippen molar-refractivity contribution in [1.82, 2.24) is 10.2 Å². The van der Waals surface area contributed by atoms with E-state index in [0.717, 1.165) is 45.1 Å². The van der Waals surface area contributed by atoms with Crippen LogP contribution in [0.1, 0.15) is 65.2 Å². The highest BCUT2D eigenvalue weighted by atomic mass is 127. The van der Waals surface area contributed by atoms with E-state index >= 15 is 0 Å². The van der Waals surface area contributed by atoms with Crippen molar-refractivity contribution in [3.05, 3.63) is 0 Å². The quantitative estimate of drug-likeness (QED) is 0.346. The van der Waals surface area contributed by atoms with Gasteiger partial charge in [0.25, 0.3) is 0 Å². The number of rotatable bonds is 5. The number of nitrogens with zero attached hydrogens (tertiary/aromatic N) is 2. The molecule has 3 fully saturated rings. The van der Waals surface area contributed by atoms with Crippen LogP contribution in [-0.4, -0.2) is 60.8 Å². The second-order valence-electron chi connectivity index (χ2n) is 8.13. The first-order chi connectivity index (χ1) is 12.2. The van der Waals surface area contributed by atoms with Gasteiger partial charge >= 0.3 is 0 Å². The summed E-state index contributed by atoms with van der Waals surface area (Å²) in [6, 6.07) is 0. The first-order valence-corrected chi connectivity index (χ1v) is 11.4. The normalized spacial score (nSPS) is 25.2. The molecule has 6 heteroatoms. The van der Waals surface area contributed by atoms with Crippen LogP contribution in [0.4, 0.5) is 0 Å². The molecule has 1 aliphatic carbocycles. The van der Waals surface area contributed by atoms with E-state index in [1.807, 2.05) is 0 Å². The summed E-state index contributed by atoms with van der Waals surface area (Å²) >= 11 is 2.09. The van der Waals surface area contributed by atoms with Gasteiger partial charge in [-0.3, -0.25) is 4.99 Å². The highest BCUT2D eigenvalue weighted by molar-refractivity contribution is 14.0. The van der Waals surface area contributed by atoms with Crippen molar-refractivity contribution in [2.24, 2.45) is 10.4 Å². The van der Waals surface area contributed by atoms with Crippen LogP contribution in [0.15, 0.2) is 4.99 Å². The fourth-order valence-electron chi connectivity index (χ4n) is 4.87. The third-order valence-corrected chi connectivity index (χ3v) is 7.80. The topological polar surface area (TPSA) is 36.9 Å². The molecule has 1 saturated carbocycles. The monoisotopic (exact) mass is 495 g/mol. The van der Waals surface area contributed by atoms with E-state index in [2.05, 4.69) is 35.8 Å². The number of thioether (sulfide) groups is 1. The molecule has 152 valence electrons. The molecule has 2 aliphatic heterocycles. The molecule has 1 N–H and O–H groups in total. The average Bonchev–Trinajstić information content (AvgIpc) is 3.03. The van der Waals surface area contributed by atoms with Gasteiger partial charge in [0.15, 0.2) is 5.96 Å². The summed E-state index contributed by atoms with van der Waals surface area (Å²) < 4.78 is 5.90. The molecule has 0 unspecified atom stereocenters. The summed E-state index contributed by atoms with van der Waals surface area (Å²) in [6.07, 6.45) is 10.8. The molecule has 2 heterocycles. The van der Waals surface area contributed by atoms with Gasteiger partial charge in [-0.05, 0) is 50.2 Å². The molecule has 0 bridgehead atoms. The maximum Gasteiger partial charge on any atom is 0.193 e. The minimum absolute atomic E-state index is 0. The molecule has 0 atom stereocenters. The molecule has 2 saturated heterocycles. The van der Waals surface area contributed by atoms with Gasteiger partial charge in [0, 0.05) is 37.6 Å². The third-order valence-electron chi connectivity index (χ3n) is 6.36. The van der Waals surface area contributed by atoms with Crippen LogP contribution in [0.25, 0.3) is 0 Å². The molecule has 26 heavy (non-hydrogen) atoms. The Balaban J connectivity index is 0.00000243. The third kappa shape index (κ3) is 5.66. The van der Waals surface area contributed by atoms with Crippen molar-refractivity contribution in [2.75, 3.05) is 45.1 Å². The second-order valence-corrected chi connectivity index (χ2v) is 9.86. The van der Waals surface area contributed by atoms with E-state index in [1.54, 1.807) is 0 Å². The summed E-state index contributed by atoms with van der Waals surface area (Å²) in [5.41, 5.74) is 0.586. The number of likely N-dealkylation sites (tertiary alicyclic amines) is 1. The highest BCUT2D eigenvalue weighted by Crippen LogP contribution is 2.43. The van der Waals surface area contributed by atoms with Crippen molar-refractivity contribution < 1.29 is 4.74 Å². The number of nitrogens with one attached hydrogen (secondary N) is 1. The number of guanidine groups is 1. The van der Waals surface area contributed by atoms with E-state index in [0.29, 0.717) is 5.41 Å². The Labute approximate surface area is 181 Å². The maximum absolute atomic E-state index is 5.61. The molecule has 3 aliphatic rings. The predicted octanol–water partition coefficient (Wildman–Crippen LogP) is 4.53. The lowest BCUT2D eigenvalue weighted by atomic mass is 9.73. The molecule has 0 amide bonds. The Morgan fingerprint density at radius 2 is 1.81 bits per heavy atom. The van der Waals surface area contributed by atoms with E-state index in [9.17, 15) is 0 Å². The van der Waals surface area contributed by atoms with Crippen LogP contribution in [0.5, 0.6) is 0 Å². The van der Waals surface area contributed by atoms with Gasteiger partial charge in [-0.25, -0.2) is 0 Å². The Kier molecular flexibility index (Phi) is 9.34. The zero-order chi connectivity index (χ0) is 17.6. The summed E-state index contributed by atoms with van der Waals surface area (Å²) in [6.45, 7) is 10.5. The number of ether oxygens (including phenoxy) is 1. The van der Waals surface area contributed by atoms with Gasteiger partial charge in [0.05, 0.1) is 6.54 Å². The van der Waals surface area contributed by atoms with Crippen LogP contribution < -0.4 is 5.32 Å². The number of aliphatic imine (C=N–C) groups is 1. The van der Waals surface area contributed by atoms with E-state index in [4.69, 9.17) is 9.73 Å². The summed E-state index contributed by atoms with van der Waals surface area (Å²) in [5, 5.41) is 3.58. The van der Waals surface area contributed by atoms with Crippen LogP contribution in [0.2, 0.25) is 0 Å². The lowest BCUT2D eigenvalue weighted by molar-refractivity contribution is 0.0793. The molecular weight excluding hydrogens is 457 g/mol. The van der Waals surface area contributed by atoms with Gasteiger partial charge in [0.1, 0.15) is 0 Å². The van der Waals surface area contributed by atoms with Crippen molar-refractivity contribution >= 4 is 41.7 Å². The van der Waals surface area contributed by atoms with Crippen LogP contribution in [0.3, 0.4) is 0 Å². The van der Waals surface area contributed by atoms with Crippen LogP contribution in [0, 0.1) is 5.41 Å². The van der Waals surface area contributed by atoms with Crippen LogP contribution >= 0.6 is 35.7 Å².